The quantitative estimate of drug-likeness (QED) is 0.408. The number of esters is 1. The lowest BCUT2D eigenvalue weighted by Crippen LogP contribution is -2.44. The molecule has 1 aromatic carbocycles. The summed E-state index contributed by atoms with van der Waals surface area (Å²) in [7, 11) is 0. The lowest BCUT2D eigenvalue weighted by atomic mass is 10.0. The minimum atomic E-state index is -0.554. The molecule has 2 heterocycles. The van der Waals surface area contributed by atoms with Crippen molar-refractivity contribution in [1.82, 2.24) is 14.7 Å². The Bertz CT molecular complexity index is 951. The topological polar surface area (TPSA) is 108 Å². The van der Waals surface area contributed by atoms with E-state index in [-0.39, 0.29) is 24.2 Å². The molecule has 0 unspecified atom stereocenters. The monoisotopic (exact) mass is 414 g/mol. The summed E-state index contributed by atoms with van der Waals surface area (Å²) in [5, 5.41) is 15.4. The molecule has 30 heavy (non-hydrogen) atoms. The molecule has 2 aromatic rings. The van der Waals surface area contributed by atoms with Gasteiger partial charge in [-0.1, -0.05) is 12.1 Å². The third-order valence-corrected chi connectivity index (χ3v) is 5.50. The second-order valence-corrected chi connectivity index (χ2v) is 7.64. The highest BCUT2D eigenvalue weighted by atomic mass is 16.6. The van der Waals surface area contributed by atoms with Crippen molar-refractivity contribution in [3.05, 3.63) is 56.9 Å². The molecule has 0 spiro atoms. The predicted molar refractivity (Wildman–Crippen MR) is 109 cm³/mol. The number of aromatic nitrogens is 2. The smallest absolute Gasteiger partial charge is 0.338 e. The molecule has 9 nitrogen and oxygen atoms in total. The molecule has 0 bridgehead atoms. The number of piperidine rings is 1. The molecule has 1 amide bonds. The molecule has 0 saturated carbocycles. The highest BCUT2D eigenvalue weighted by Crippen LogP contribution is 2.22. The van der Waals surface area contributed by atoms with Crippen LogP contribution in [0.5, 0.6) is 0 Å². The van der Waals surface area contributed by atoms with Gasteiger partial charge in [0.25, 0.3) is 5.91 Å². The van der Waals surface area contributed by atoms with Crippen LogP contribution in [-0.4, -0.2) is 50.7 Å². The molecule has 1 saturated heterocycles. The van der Waals surface area contributed by atoms with Gasteiger partial charge in [0.15, 0.2) is 6.61 Å². The zero-order chi connectivity index (χ0) is 21.8. The molecule has 160 valence electrons. The average Bonchev–Trinajstić information content (AvgIpc) is 2.99. The number of aryl methyl sites for hydroxylation is 1. The van der Waals surface area contributed by atoms with Crippen LogP contribution in [0.15, 0.2) is 24.3 Å². The third kappa shape index (κ3) is 4.67. The molecular weight excluding hydrogens is 388 g/mol. The van der Waals surface area contributed by atoms with Crippen LogP contribution in [-0.2, 0) is 16.1 Å². The Morgan fingerprint density at radius 2 is 1.93 bits per heavy atom. The Balaban J connectivity index is 1.59. The lowest BCUT2D eigenvalue weighted by molar-refractivity contribution is -0.386. The normalized spacial score (nSPS) is 16.4. The summed E-state index contributed by atoms with van der Waals surface area (Å²) < 4.78 is 6.76. The molecule has 0 aliphatic carbocycles. The van der Waals surface area contributed by atoms with Gasteiger partial charge in [-0.25, -0.2) is 4.79 Å². The van der Waals surface area contributed by atoms with Crippen LogP contribution in [0.3, 0.4) is 0 Å². The van der Waals surface area contributed by atoms with E-state index in [1.165, 1.54) is 0 Å². The van der Waals surface area contributed by atoms with E-state index in [1.807, 2.05) is 6.92 Å². The largest absolute Gasteiger partial charge is 0.452 e. The van der Waals surface area contributed by atoms with Crippen molar-refractivity contribution in [2.45, 2.75) is 52.6 Å². The number of hydrogen-bond acceptors (Lipinski definition) is 6. The maximum absolute atomic E-state index is 12.3. The van der Waals surface area contributed by atoms with Gasteiger partial charge in [-0.15, -0.1) is 0 Å². The molecule has 3 rings (SSSR count). The Morgan fingerprint density at radius 1 is 1.23 bits per heavy atom. The summed E-state index contributed by atoms with van der Waals surface area (Å²) in [6.45, 7) is 6.06. The van der Waals surface area contributed by atoms with Crippen LogP contribution in [0.25, 0.3) is 0 Å². The summed E-state index contributed by atoms with van der Waals surface area (Å²) in [4.78, 5) is 37.0. The van der Waals surface area contributed by atoms with Crippen LogP contribution >= 0.6 is 0 Å². The number of likely N-dealkylation sites (tertiary alicyclic amines) is 1. The molecule has 1 atom stereocenters. The molecule has 1 fully saturated rings. The molecular formula is C21H26N4O5. The summed E-state index contributed by atoms with van der Waals surface area (Å²) in [6.07, 6.45) is 3.06. The Kier molecular flexibility index (Phi) is 6.49. The van der Waals surface area contributed by atoms with E-state index >= 15 is 0 Å². The molecule has 0 N–H and O–H groups in total. The fraction of sp³-hybridized carbons (Fsp3) is 0.476. The van der Waals surface area contributed by atoms with Crippen LogP contribution in [0, 0.1) is 24.0 Å². The average molecular weight is 414 g/mol. The first-order valence-electron chi connectivity index (χ1n) is 10.0. The fourth-order valence-electron chi connectivity index (χ4n) is 3.79. The van der Waals surface area contributed by atoms with E-state index in [2.05, 4.69) is 5.10 Å². The van der Waals surface area contributed by atoms with E-state index in [0.29, 0.717) is 30.0 Å². The SMILES string of the molecule is Cc1nn(Cc2ccc(C(=O)OCC(=O)N3CCCC[C@@H]3C)cc2)c(C)c1[N+](=O)[O-]. The number of nitrogens with zero attached hydrogens (tertiary/aromatic N) is 4. The number of rotatable bonds is 6. The standard InChI is InChI=1S/C21H26N4O5/c1-14-6-4-5-11-23(14)19(26)13-30-21(27)18-9-7-17(8-10-18)12-24-16(3)20(25(28)29)15(2)22-24/h7-10,14H,4-6,11-13H2,1-3H3/t14-/m0/s1. The van der Waals surface area contributed by atoms with Gasteiger partial charge < -0.3 is 9.64 Å². The Hall–Kier alpha value is -3.23. The molecule has 1 aliphatic heterocycles. The van der Waals surface area contributed by atoms with Gasteiger partial charge in [0, 0.05) is 12.6 Å². The van der Waals surface area contributed by atoms with Gasteiger partial charge >= 0.3 is 11.7 Å². The number of ether oxygens (including phenoxy) is 1. The summed E-state index contributed by atoms with van der Waals surface area (Å²) >= 11 is 0. The zero-order valence-corrected chi connectivity index (χ0v) is 17.5. The van der Waals surface area contributed by atoms with Crippen LogP contribution in [0.4, 0.5) is 5.69 Å². The van der Waals surface area contributed by atoms with Crippen molar-refractivity contribution in [3.8, 4) is 0 Å². The molecule has 9 heteroatoms. The zero-order valence-electron chi connectivity index (χ0n) is 17.5. The number of amides is 1. The Labute approximate surface area is 174 Å². The van der Waals surface area contributed by atoms with E-state index in [0.717, 1.165) is 24.8 Å². The van der Waals surface area contributed by atoms with Crippen molar-refractivity contribution in [3.63, 3.8) is 0 Å². The number of benzene rings is 1. The van der Waals surface area contributed by atoms with Gasteiger partial charge in [0.1, 0.15) is 11.4 Å². The predicted octanol–water partition coefficient (Wildman–Crippen LogP) is 3.01. The number of carbonyl (C=O) groups is 2. The van der Waals surface area contributed by atoms with Crippen molar-refractivity contribution >= 4 is 17.6 Å². The second-order valence-electron chi connectivity index (χ2n) is 7.64. The van der Waals surface area contributed by atoms with Crippen LogP contribution in [0.1, 0.15) is 53.5 Å². The first-order valence-corrected chi connectivity index (χ1v) is 10.0. The van der Waals surface area contributed by atoms with Crippen LogP contribution in [0.2, 0.25) is 0 Å². The van der Waals surface area contributed by atoms with Crippen molar-refractivity contribution in [1.29, 1.82) is 0 Å². The van der Waals surface area contributed by atoms with Crippen LogP contribution < -0.4 is 0 Å². The van der Waals surface area contributed by atoms with Gasteiger partial charge in [-0.05, 0) is 57.7 Å². The highest BCUT2D eigenvalue weighted by molar-refractivity contribution is 5.91. The maximum Gasteiger partial charge on any atom is 0.338 e. The molecule has 1 aliphatic rings. The first-order chi connectivity index (χ1) is 14.3. The van der Waals surface area contributed by atoms with Gasteiger partial charge in [0.05, 0.1) is 17.0 Å². The minimum Gasteiger partial charge on any atom is -0.452 e. The number of nitro groups is 1. The first kappa shape index (κ1) is 21.5. The minimum absolute atomic E-state index is 0.0166. The molecule has 0 radical (unpaired) electrons. The maximum atomic E-state index is 12.3. The van der Waals surface area contributed by atoms with E-state index in [9.17, 15) is 19.7 Å². The van der Waals surface area contributed by atoms with Crippen molar-refractivity contribution in [2.75, 3.05) is 13.2 Å². The van der Waals surface area contributed by atoms with Gasteiger partial charge in [0.2, 0.25) is 0 Å². The summed E-state index contributed by atoms with van der Waals surface area (Å²) in [5.74, 6) is -0.723. The van der Waals surface area contributed by atoms with E-state index in [4.69, 9.17) is 4.74 Å². The number of hydrogen-bond donors (Lipinski definition) is 0. The summed E-state index contributed by atoms with van der Waals surface area (Å²) in [5.41, 5.74) is 2.04. The third-order valence-electron chi connectivity index (χ3n) is 5.50. The van der Waals surface area contributed by atoms with E-state index in [1.54, 1.807) is 47.7 Å². The van der Waals surface area contributed by atoms with E-state index < -0.39 is 10.9 Å². The lowest BCUT2D eigenvalue weighted by Gasteiger charge is -2.33. The second kappa shape index (κ2) is 9.06. The van der Waals surface area contributed by atoms with Gasteiger partial charge in [-0.3, -0.25) is 19.6 Å². The van der Waals surface area contributed by atoms with Gasteiger partial charge in [-0.2, -0.15) is 5.10 Å². The van der Waals surface area contributed by atoms with Crippen molar-refractivity contribution in [2.24, 2.45) is 0 Å². The fourth-order valence-corrected chi connectivity index (χ4v) is 3.79. The number of carbonyl (C=O) groups excluding carboxylic acids is 2. The van der Waals surface area contributed by atoms with Crippen molar-refractivity contribution < 1.29 is 19.2 Å². The highest BCUT2D eigenvalue weighted by Gasteiger charge is 2.24. The Morgan fingerprint density at radius 3 is 2.53 bits per heavy atom. The summed E-state index contributed by atoms with van der Waals surface area (Å²) in [6, 6.07) is 6.90. The molecule has 1 aromatic heterocycles.